The number of carbonyl (C=O) groups excluding carboxylic acids is 2. The lowest BCUT2D eigenvalue weighted by Crippen LogP contribution is -2.39. The maximum atomic E-state index is 12.8. The van der Waals surface area contributed by atoms with Crippen molar-refractivity contribution in [2.45, 2.75) is 19.4 Å². The summed E-state index contributed by atoms with van der Waals surface area (Å²) in [6.45, 7) is 1.99. The summed E-state index contributed by atoms with van der Waals surface area (Å²) in [5.74, 6) is -1.03. The van der Waals surface area contributed by atoms with Gasteiger partial charge in [0.15, 0.2) is 0 Å². The van der Waals surface area contributed by atoms with Crippen LogP contribution in [0.25, 0.3) is 0 Å². The molecule has 0 heterocycles. The van der Waals surface area contributed by atoms with E-state index in [-0.39, 0.29) is 35.5 Å². The molecular weight excluding hydrogens is 361 g/mol. The Kier molecular flexibility index (Phi) is 5.70. The molecule has 134 valence electrons. The Morgan fingerprint density at radius 1 is 1.12 bits per heavy atom. The fourth-order valence-electron chi connectivity index (χ4n) is 3.71. The largest absolute Gasteiger partial charge is 0.460 e. The molecule has 0 aromatic heterocycles. The molecular formula is C19H21Cl2NO3. The highest BCUT2D eigenvalue weighted by Crippen LogP contribution is 2.49. The molecule has 2 aliphatic rings. The van der Waals surface area contributed by atoms with Crippen molar-refractivity contribution < 1.29 is 14.3 Å². The topological polar surface area (TPSA) is 55.4 Å². The minimum atomic E-state index is -0.528. The van der Waals surface area contributed by atoms with E-state index in [1.165, 1.54) is 0 Å². The van der Waals surface area contributed by atoms with Gasteiger partial charge < -0.3 is 10.1 Å². The summed E-state index contributed by atoms with van der Waals surface area (Å²) < 4.78 is 5.42. The van der Waals surface area contributed by atoms with Crippen LogP contribution in [0.15, 0.2) is 36.4 Å². The zero-order valence-electron chi connectivity index (χ0n) is 14.0. The molecule has 3 rings (SSSR count). The van der Waals surface area contributed by atoms with Crippen LogP contribution >= 0.6 is 23.2 Å². The number of hydrogen-bond donors (Lipinski definition) is 1. The van der Waals surface area contributed by atoms with Gasteiger partial charge in [0.2, 0.25) is 5.91 Å². The molecule has 1 saturated carbocycles. The first kappa shape index (κ1) is 18.3. The lowest BCUT2D eigenvalue weighted by Gasteiger charge is -2.27. The van der Waals surface area contributed by atoms with Crippen LogP contribution < -0.4 is 5.32 Å². The van der Waals surface area contributed by atoms with Gasteiger partial charge in [-0.2, -0.15) is 0 Å². The van der Waals surface area contributed by atoms with Gasteiger partial charge in [0.1, 0.15) is 6.10 Å². The lowest BCUT2D eigenvalue weighted by molar-refractivity contribution is -0.156. The van der Waals surface area contributed by atoms with Gasteiger partial charge in [-0.15, -0.1) is 23.2 Å². The molecule has 4 atom stereocenters. The Labute approximate surface area is 157 Å². The van der Waals surface area contributed by atoms with Crippen molar-refractivity contribution in [3.8, 4) is 0 Å². The van der Waals surface area contributed by atoms with Crippen molar-refractivity contribution in [2.75, 3.05) is 17.1 Å². The number of anilines is 1. The minimum absolute atomic E-state index is 0.0394. The van der Waals surface area contributed by atoms with E-state index in [9.17, 15) is 9.59 Å². The van der Waals surface area contributed by atoms with Crippen LogP contribution in [-0.4, -0.2) is 29.7 Å². The van der Waals surface area contributed by atoms with Gasteiger partial charge in [0.25, 0.3) is 0 Å². The van der Waals surface area contributed by atoms with Gasteiger partial charge in [-0.25, -0.2) is 0 Å². The number of esters is 1. The standard InChI is InChI=1S/C19H21Cl2NO3/c1-11-2-6-14(7-3-11)22-18(23)16-12-4-5-13(8-12)17(16)19(24)25-15(9-20)10-21/h2-7,12-13,15-17H,8-10H2,1H3,(H,22,23)/t12-,13-,16+,17+/m0/s1. The number of carbonyl (C=O) groups is 2. The monoisotopic (exact) mass is 381 g/mol. The van der Waals surface area contributed by atoms with Crippen molar-refractivity contribution in [3.63, 3.8) is 0 Å². The molecule has 0 radical (unpaired) electrons. The van der Waals surface area contributed by atoms with Crippen molar-refractivity contribution in [1.29, 1.82) is 0 Å². The van der Waals surface area contributed by atoms with Crippen LogP contribution in [0.3, 0.4) is 0 Å². The molecule has 2 bridgehead atoms. The third-order valence-corrected chi connectivity index (χ3v) is 5.67. The summed E-state index contributed by atoms with van der Waals surface area (Å²) >= 11 is 11.5. The zero-order chi connectivity index (χ0) is 18.0. The van der Waals surface area contributed by atoms with E-state index in [0.717, 1.165) is 17.7 Å². The number of nitrogens with one attached hydrogen (secondary N) is 1. The van der Waals surface area contributed by atoms with Gasteiger partial charge in [0.05, 0.1) is 23.6 Å². The first-order valence-electron chi connectivity index (χ1n) is 8.41. The van der Waals surface area contributed by atoms with Crippen molar-refractivity contribution in [1.82, 2.24) is 0 Å². The van der Waals surface area contributed by atoms with Crippen molar-refractivity contribution >= 4 is 40.8 Å². The van der Waals surface area contributed by atoms with Gasteiger partial charge in [0, 0.05) is 5.69 Å². The minimum Gasteiger partial charge on any atom is -0.460 e. The molecule has 1 aromatic rings. The van der Waals surface area contributed by atoms with Crippen LogP contribution in [0.4, 0.5) is 5.69 Å². The summed E-state index contributed by atoms with van der Waals surface area (Å²) in [5.41, 5.74) is 1.85. The fraction of sp³-hybridized carbons (Fsp3) is 0.474. The number of amides is 1. The second kappa shape index (κ2) is 7.79. The number of aryl methyl sites for hydroxylation is 1. The number of fused-ring (bicyclic) bond motifs is 2. The summed E-state index contributed by atoms with van der Waals surface area (Å²) in [7, 11) is 0. The fourth-order valence-corrected chi connectivity index (χ4v) is 4.17. The first-order valence-corrected chi connectivity index (χ1v) is 9.48. The quantitative estimate of drug-likeness (QED) is 0.463. The molecule has 0 unspecified atom stereocenters. The van der Waals surface area contributed by atoms with E-state index in [1.807, 2.05) is 43.3 Å². The third kappa shape index (κ3) is 3.85. The van der Waals surface area contributed by atoms with Gasteiger partial charge >= 0.3 is 5.97 Å². The van der Waals surface area contributed by atoms with Crippen LogP contribution in [0, 0.1) is 30.6 Å². The number of allylic oxidation sites excluding steroid dienone is 2. The first-order chi connectivity index (χ1) is 12.0. The average molecular weight is 382 g/mol. The zero-order valence-corrected chi connectivity index (χ0v) is 15.5. The predicted octanol–water partition coefficient (Wildman–Crippen LogP) is 3.76. The molecule has 1 fully saturated rings. The Balaban J connectivity index is 1.73. The highest BCUT2D eigenvalue weighted by molar-refractivity contribution is 6.21. The second-order valence-electron chi connectivity index (χ2n) is 6.72. The molecule has 1 N–H and O–H groups in total. The summed E-state index contributed by atoms with van der Waals surface area (Å²) in [6, 6.07) is 7.60. The Hall–Kier alpha value is -1.52. The van der Waals surface area contributed by atoms with Gasteiger partial charge in [-0.3, -0.25) is 9.59 Å². The van der Waals surface area contributed by atoms with E-state index in [1.54, 1.807) is 0 Å². The molecule has 1 aromatic carbocycles. The maximum absolute atomic E-state index is 12.8. The molecule has 6 heteroatoms. The van der Waals surface area contributed by atoms with Crippen molar-refractivity contribution in [2.24, 2.45) is 23.7 Å². The highest BCUT2D eigenvalue weighted by Gasteiger charge is 2.52. The molecule has 25 heavy (non-hydrogen) atoms. The van der Waals surface area contributed by atoms with E-state index >= 15 is 0 Å². The van der Waals surface area contributed by atoms with E-state index < -0.39 is 17.9 Å². The average Bonchev–Trinajstić information content (AvgIpc) is 3.22. The SMILES string of the molecule is Cc1ccc(NC(=O)[C@H]2[C@H](C(=O)OC(CCl)CCl)[C@H]3C=C[C@H]2C3)cc1. The second-order valence-corrected chi connectivity index (χ2v) is 7.34. The molecule has 0 saturated heterocycles. The molecule has 1 amide bonds. The van der Waals surface area contributed by atoms with Gasteiger partial charge in [-0.05, 0) is 37.3 Å². The van der Waals surface area contributed by atoms with Crippen molar-refractivity contribution in [3.05, 3.63) is 42.0 Å². The van der Waals surface area contributed by atoms with Crippen LogP contribution in [0.2, 0.25) is 0 Å². The summed E-state index contributed by atoms with van der Waals surface area (Å²) in [4.78, 5) is 25.4. The molecule has 0 aliphatic heterocycles. The van der Waals surface area contributed by atoms with Crippen LogP contribution in [0.1, 0.15) is 12.0 Å². The number of benzene rings is 1. The Morgan fingerprint density at radius 2 is 1.72 bits per heavy atom. The third-order valence-electron chi connectivity index (χ3n) is 4.98. The number of alkyl halides is 2. The van der Waals surface area contributed by atoms with E-state index in [0.29, 0.717) is 0 Å². The van der Waals surface area contributed by atoms with Crippen LogP contribution in [0.5, 0.6) is 0 Å². The predicted molar refractivity (Wildman–Crippen MR) is 98.8 cm³/mol. The van der Waals surface area contributed by atoms with E-state index in [2.05, 4.69) is 5.32 Å². The smallest absolute Gasteiger partial charge is 0.310 e. The summed E-state index contributed by atoms with van der Waals surface area (Å²) in [5, 5.41) is 2.93. The van der Waals surface area contributed by atoms with E-state index in [4.69, 9.17) is 27.9 Å². The van der Waals surface area contributed by atoms with Gasteiger partial charge in [-0.1, -0.05) is 29.8 Å². The number of ether oxygens (including phenoxy) is 1. The normalized spacial score (nSPS) is 26.9. The number of hydrogen-bond acceptors (Lipinski definition) is 3. The molecule has 2 aliphatic carbocycles. The lowest BCUT2D eigenvalue weighted by atomic mass is 9.82. The highest BCUT2D eigenvalue weighted by atomic mass is 35.5. The van der Waals surface area contributed by atoms with Crippen LogP contribution in [-0.2, 0) is 14.3 Å². The summed E-state index contributed by atoms with van der Waals surface area (Å²) in [6.07, 6.45) is 4.33. The Morgan fingerprint density at radius 3 is 2.32 bits per heavy atom. The Bertz CT molecular complexity index is 670. The molecule has 4 nitrogen and oxygen atoms in total. The maximum Gasteiger partial charge on any atom is 0.310 e. The number of halogens is 2. The molecule has 0 spiro atoms. The number of rotatable bonds is 6.